The van der Waals surface area contributed by atoms with E-state index in [1.54, 1.807) is 0 Å². The Morgan fingerprint density at radius 3 is 3.00 bits per heavy atom. The van der Waals surface area contributed by atoms with Crippen LogP contribution in [0.1, 0.15) is 32.6 Å². The van der Waals surface area contributed by atoms with Gasteiger partial charge in [-0.2, -0.15) is 0 Å². The highest BCUT2D eigenvalue weighted by Gasteiger charge is 2.31. The van der Waals surface area contributed by atoms with Crippen LogP contribution in [-0.2, 0) is 4.79 Å². The third kappa shape index (κ3) is 3.73. The number of hydrogen-bond acceptors (Lipinski definition) is 4. The minimum absolute atomic E-state index is 0.132. The van der Waals surface area contributed by atoms with Crippen LogP contribution in [0, 0.1) is 0 Å². The number of anilines is 1. The van der Waals surface area contributed by atoms with E-state index < -0.39 is 0 Å². The molecule has 0 saturated carbocycles. The molecular formula is C18H26N2O2S. The molecule has 3 rings (SSSR count). The second-order valence-electron chi connectivity index (χ2n) is 6.37. The number of fused-ring (bicyclic) bond motifs is 1. The molecule has 126 valence electrons. The molecule has 1 amide bonds. The molecule has 1 N–H and O–H groups in total. The Kier molecular flexibility index (Phi) is 5.62. The largest absolute Gasteiger partial charge is 0.392 e. The number of likely N-dealkylation sites (tertiary alicyclic amines) is 1. The number of amides is 1. The van der Waals surface area contributed by atoms with Crippen LogP contribution in [0.4, 0.5) is 5.69 Å². The van der Waals surface area contributed by atoms with Crippen LogP contribution in [0.25, 0.3) is 0 Å². The lowest BCUT2D eigenvalue weighted by molar-refractivity contribution is -0.121. The summed E-state index contributed by atoms with van der Waals surface area (Å²) in [5, 5.41) is 10.3. The Balaban J connectivity index is 1.71. The fraction of sp³-hybridized carbons (Fsp3) is 0.611. The number of piperidine rings is 1. The van der Waals surface area contributed by atoms with Gasteiger partial charge in [0.1, 0.15) is 0 Å². The lowest BCUT2D eigenvalue weighted by atomic mass is 9.96. The van der Waals surface area contributed by atoms with Gasteiger partial charge in [-0.15, -0.1) is 11.8 Å². The number of para-hydroxylation sites is 1. The summed E-state index contributed by atoms with van der Waals surface area (Å²) in [6, 6.07) is 8.28. The van der Waals surface area contributed by atoms with E-state index in [0.717, 1.165) is 50.2 Å². The van der Waals surface area contributed by atoms with Gasteiger partial charge in [0.2, 0.25) is 5.91 Å². The second kappa shape index (κ2) is 7.69. The predicted octanol–water partition coefficient (Wildman–Crippen LogP) is 2.75. The molecule has 2 unspecified atom stereocenters. The summed E-state index contributed by atoms with van der Waals surface area (Å²) >= 11 is 1.82. The number of aliphatic hydroxyl groups is 1. The first kappa shape index (κ1) is 16.8. The van der Waals surface area contributed by atoms with E-state index >= 15 is 0 Å². The maximum Gasteiger partial charge on any atom is 0.241 e. The van der Waals surface area contributed by atoms with Crippen LogP contribution in [0.2, 0.25) is 0 Å². The van der Waals surface area contributed by atoms with E-state index in [9.17, 15) is 9.90 Å². The van der Waals surface area contributed by atoms with Gasteiger partial charge < -0.3 is 10.0 Å². The standard InChI is InChI=1S/C18H26N2O2S/c1-2-16(21)14-7-5-6-10-19(14)13-18(22)20-11-12-23-17-9-4-3-8-15(17)20/h3-4,8-9,14,16,21H,2,5-7,10-13H2,1H3. The number of carbonyl (C=O) groups excluding carboxylic acids is 1. The molecule has 0 aliphatic carbocycles. The average molecular weight is 334 g/mol. The summed E-state index contributed by atoms with van der Waals surface area (Å²) in [7, 11) is 0. The summed E-state index contributed by atoms with van der Waals surface area (Å²) in [4.78, 5) is 18.2. The fourth-order valence-corrected chi connectivity index (χ4v) is 4.60. The summed E-state index contributed by atoms with van der Waals surface area (Å²) in [5.74, 6) is 1.11. The van der Waals surface area contributed by atoms with Crippen molar-refractivity contribution in [2.24, 2.45) is 0 Å². The first-order valence-electron chi connectivity index (χ1n) is 8.65. The van der Waals surface area contributed by atoms with Crippen LogP contribution >= 0.6 is 11.8 Å². The zero-order valence-electron chi connectivity index (χ0n) is 13.8. The molecule has 0 radical (unpaired) electrons. The first-order chi connectivity index (χ1) is 11.2. The highest BCUT2D eigenvalue weighted by molar-refractivity contribution is 7.99. The molecule has 0 aromatic heterocycles. The van der Waals surface area contributed by atoms with E-state index in [2.05, 4.69) is 11.0 Å². The van der Waals surface area contributed by atoms with Crippen molar-refractivity contribution in [3.8, 4) is 0 Å². The van der Waals surface area contributed by atoms with E-state index in [-0.39, 0.29) is 18.1 Å². The van der Waals surface area contributed by atoms with Gasteiger partial charge in [-0.25, -0.2) is 0 Å². The van der Waals surface area contributed by atoms with Gasteiger partial charge in [-0.3, -0.25) is 9.69 Å². The number of hydrogen-bond donors (Lipinski definition) is 1. The Morgan fingerprint density at radius 1 is 1.35 bits per heavy atom. The number of aliphatic hydroxyl groups excluding tert-OH is 1. The van der Waals surface area contributed by atoms with Gasteiger partial charge in [0, 0.05) is 23.2 Å². The predicted molar refractivity (Wildman–Crippen MR) is 95.0 cm³/mol. The highest BCUT2D eigenvalue weighted by Crippen LogP contribution is 2.34. The lowest BCUT2D eigenvalue weighted by Crippen LogP contribution is -2.51. The van der Waals surface area contributed by atoms with Gasteiger partial charge in [0.05, 0.1) is 18.3 Å². The first-order valence-corrected chi connectivity index (χ1v) is 9.63. The molecule has 5 heteroatoms. The zero-order valence-corrected chi connectivity index (χ0v) is 14.6. The van der Waals surface area contributed by atoms with Gasteiger partial charge in [0.15, 0.2) is 0 Å². The van der Waals surface area contributed by atoms with Gasteiger partial charge in [-0.1, -0.05) is 25.5 Å². The Morgan fingerprint density at radius 2 is 2.17 bits per heavy atom. The molecule has 1 fully saturated rings. The lowest BCUT2D eigenvalue weighted by Gasteiger charge is -2.39. The van der Waals surface area contributed by atoms with Crippen molar-refractivity contribution in [3.63, 3.8) is 0 Å². The van der Waals surface area contributed by atoms with Gasteiger partial charge in [0.25, 0.3) is 0 Å². The summed E-state index contributed by atoms with van der Waals surface area (Å²) in [6.07, 6.45) is 3.68. The van der Waals surface area contributed by atoms with Crippen molar-refractivity contribution in [3.05, 3.63) is 24.3 Å². The number of carbonyl (C=O) groups is 1. The monoisotopic (exact) mass is 334 g/mol. The van der Waals surface area contributed by atoms with Crippen molar-refractivity contribution in [2.75, 3.05) is 30.3 Å². The van der Waals surface area contributed by atoms with E-state index in [1.807, 2.05) is 41.8 Å². The number of thioether (sulfide) groups is 1. The van der Waals surface area contributed by atoms with Crippen LogP contribution in [0.15, 0.2) is 29.2 Å². The van der Waals surface area contributed by atoms with E-state index in [0.29, 0.717) is 6.54 Å². The van der Waals surface area contributed by atoms with E-state index in [4.69, 9.17) is 0 Å². The molecular weight excluding hydrogens is 308 g/mol. The minimum atomic E-state index is -0.327. The maximum atomic E-state index is 12.9. The summed E-state index contributed by atoms with van der Waals surface area (Å²) in [5.41, 5.74) is 1.04. The quantitative estimate of drug-likeness (QED) is 0.919. The summed E-state index contributed by atoms with van der Waals surface area (Å²) < 4.78 is 0. The van der Waals surface area contributed by atoms with Crippen molar-refractivity contribution >= 4 is 23.4 Å². The zero-order chi connectivity index (χ0) is 16.2. The minimum Gasteiger partial charge on any atom is -0.392 e. The summed E-state index contributed by atoms with van der Waals surface area (Å²) in [6.45, 7) is 4.12. The third-order valence-electron chi connectivity index (χ3n) is 4.89. The molecule has 1 aromatic rings. The van der Waals surface area contributed by atoms with E-state index in [1.165, 1.54) is 4.90 Å². The maximum absolute atomic E-state index is 12.9. The second-order valence-corrected chi connectivity index (χ2v) is 7.51. The smallest absolute Gasteiger partial charge is 0.241 e. The van der Waals surface area contributed by atoms with Crippen molar-refractivity contribution in [1.82, 2.24) is 4.90 Å². The number of nitrogens with zero attached hydrogens (tertiary/aromatic N) is 2. The number of rotatable bonds is 4. The van der Waals surface area contributed by atoms with Gasteiger partial charge in [-0.05, 0) is 37.9 Å². The van der Waals surface area contributed by atoms with Crippen LogP contribution in [0.3, 0.4) is 0 Å². The van der Waals surface area contributed by atoms with Gasteiger partial charge >= 0.3 is 0 Å². The molecule has 2 aliphatic rings. The SMILES string of the molecule is CCC(O)C1CCCCN1CC(=O)N1CCSc2ccccc21. The molecule has 1 aromatic carbocycles. The third-order valence-corrected chi connectivity index (χ3v) is 5.94. The number of benzene rings is 1. The van der Waals surface area contributed by atoms with Crippen LogP contribution < -0.4 is 4.90 Å². The van der Waals surface area contributed by atoms with Crippen LogP contribution in [0.5, 0.6) is 0 Å². The van der Waals surface area contributed by atoms with Crippen molar-refractivity contribution in [1.29, 1.82) is 0 Å². The molecule has 2 aliphatic heterocycles. The molecule has 0 spiro atoms. The molecule has 2 atom stereocenters. The van der Waals surface area contributed by atoms with Crippen molar-refractivity contribution in [2.45, 2.75) is 49.6 Å². The van der Waals surface area contributed by atoms with Crippen LogP contribution in [-0.4, -0.2) is 53.4 Å². The Hall–Kier alpha value is -1.04. The molecule has 2 heterocycles. The Bertz CT molecular complexity index is 552. The van der Waals surface area contributed by atoms with Crippen molar-refractivity contribution < 1.29 is 9.90 Å². The molecule has 1 saturated heterocycles. The topological polar surface area (TPSA) is 43.8 Å². The Labute approximate surface area is 142 Å². The highest BCUT2D eigenvalue weighted by atomic mass is 32.2. The average Bonchev–Trinajstić information content (AvgIpc) is 2.61. The fourth-order valence-electron chi connectivity index (χ4n) is 3.61. The molecule has 4 nitrogen and oxygen atoms in total. The molecule has 0 bridgehead atoms. The molecule has 23 heavy (non-hydrogen) atoms. The normalized spacial score (nSPS) is 23.4.